The van der Waals surface area contributed by atoms with Gasteiger partial charge in [0.25, 0.3) is 0 Å². The van der Waals surface area contributed by atoms with Crippen LogP contribution in [0.5, 0.6) is 0 Å². The van der Waals surface area contributed by atoms with Crippen molar-refractivity contribution in [1.29, 1.82) is 0 Å². The Bertz CT molecular complexity index is 596. The molecule has 2 aromatic carbocycles. The van der Waals surface area contributed by atoms with Gasteiger partial charge in [-0.05, 0) is 29.7 Å². The van der Waals surface area contributed by atoms with E-state index in [9.17, 15) is 0 Å². The standard InChI is InChI=1S/C17H20N/c1-4-18(2,3)17-11-7-10-15-14-9-6-5-8-13(14)12-16(15)17/h5-11H,4,12H2,1-3H3/q+1. The van der Waals surface area contributed by atoms with Crippen molar-refractivity contribution >= 4 is 5.69 Å². The van der Waals surface area contributed by atoms with E-state index >= 15 is 0 Å². The molecule has 0 fully saturated rings. The van der Waals surface area contributed by atoms with Gasteiger partial charge in [-0.2, -0.15) is 0 Å². The first-order valence-corrected chi connectivity index (χ1v) is 6.67. The van der Waals surface area contributed by atoms with Crippen molar-refractivity contribution in [3.63, 3.8) is 0 Å². The number of hydrogen-bond donors (Lipinski definition) is 0. The van der Waals surface area contributed by atoms with Crippen LogP contribution >= 0.6 is 0 Å². The predicted molar refractivity (Wildman–Crippen MR) is 78.9 cm³/mol. The Hall–Kier alpha value is -1.60. The lowest BCUT2D eigenvalue weighted by Gasteiger charge is -2.29. The van der Waals surface area contributed by atoms with E-state index in [2.05, 4.69) is 63.5 Å². The number of hydrogen-bond acceptors (Lipinski definition) is 0. The Morgan fingerprint density at radius 3 is 2.44 bits per heavy atom. The van der Waals surface area contributed by atoms with Crippen LogP contribution in [-0.2, 0) is 6.42 Å². The van der Waals surface area contributed by atoms with Crippen LogP contribution in [0, 0.1) is 0 Å². The van der Waals surface area contributed by atoms with Crippen molar-refractivity contribution in [2.24, 2.45) is 0 Å². The van der Waals surface area contributed by atoms with Crippen molar-refractivity contribution in [2.75, 3.05) is 20.6 Å². The second-order valence-corrected chi connectivity index (χ2v) is 5.64. The van der Waals surface area contributed by atoms with Crippen molar-refractivity contribution < 1.29 is 0 Å². The van der Waals surface area contributed by atoms with Crippen LogP contribution in [0.4, 0.5) is 5.69 Å². The van der Waals surface area contributed by atoms with Gasteiger partial charge in [-0.15, -0.1) is 0 Å². The Balaban J connectivity index is 2.20. The second kappa shape index (κ2) is 3.96. The molecule has 0 heterocycles. The van der Waals surface area contributed by atoms with Gasteiger partial charge in [-0.3, -0.25) is 4.48 Å². The molecule has 0 atom stereocenters. The molecule has 0 N–H and O–H groups in total. The van der Waals surface area contributed by atoms with Gasteiger partial charge in [0.2, 0.25) is 0 Å². The van der Waals surface area contributed by atoms with Crippen LogP contribution < -0.4 is 4.48 Å². The molecule has 0 spiro atoms. The van der Waals surface area contributed by atoms with E-state index in [1.165, 1.54) is 27.9 Å². The van der Waals surface area contributed by atoms with E-state index in [0.717, 1.165) is 17.4 Å². The molecule has 1 nitrogen and oxygen atoms in total. The van der Waals surface area contributed by atoms with Crippen molar-refractivity contribution in [3.05, 3.63) is 53.6 Å². The summed E-state index contributed by atoms with van der Waals surface area (Å²) in [4.78, 5) is 0. The number of rotatable bonds is 2. The second-order valence-electron chi connectivity index (χ2n) is 5.64. The zero-order chi connectivity index (χ0) is 12.8. The van der Waals surface area contributed by atoms with Crippen LogP contribution in [0.15, 0.2) is 42.5 Å². The minimum Gasteiger partial charge on any atom is -0.296 e. The molecule has 1 aliphatic carbocycles. The fraction of sp³-hybridized carbons (Fsp3) is 0.294. The highest BCUT2D eigenvalue weighted by Gasteiger charge is 2.27. The molecule has 0 aliphatic heterocycles. The molecule has 1 heteroatoms. The van der Waals surface area contributed by atoms with Gasteiger partial charge in [0.1, 0.15) is 5.69 Å². The molecule has 18 heavy (non-hydrogen) atoms. The van der Waals surface area contributed by atoms with E-state index in [4.69, 9.17) is 0 Å². The van der Waals surface area contributed by atoms with E-state index < -0.39 is 0 Å². The Morgan fingerprint density at radius 1 is 0.944 bits per heavy atom. The van der Waals surface area contributed by atoms with Gasteiger partial charge in [0.05, 0.1) is 20.6 Å². The Labute approximate surface area is 109 Å². The summed E-state index contributed by atoms with van der Waals surface area (Å²) in [6, 6.07) is 15.5. The first kappa shape index (κ1) is 11.5. The number of quaternary nitrogens is 1. The van der Waals surface area contributed by atoms with Gasteiger partial charge >= 0.3 is 0 Å². The van der Waals surface area contributed by atoms with Crippen molar-refractivity contribution in [2.45, 2.75) is 13.3 Å². The van der Waals surface area contributed by atoms with E-state index in [-0.39, 0.29) is 0 Å². The zero-order valence-corrected chi connectivity index (χ0v) is 11.4. The van der Waals surface area contributed by atoms with E-state index in [1.54, 1.807) is 0 Å². The van der Waals surface area contributed by atoms with Gasteiger partial charge in [0.15, 0.2) is 0 Å². The summed E-state index contributed by atoms with van der Waals surface area (Å²) in [6.45, 7) is 3.37. The summed E-state index contributed by atoms with van der Waals surface area (Å²) in [5.41, 5.74) is 7.31. The van der Waals surface area contributed by atoms with Crippen molar-refractivity contribution in [3.8, 4) is 11.1 Å². The van der Waals surface area contributed by atoms with E-state index in [1.807, 2.05) is 0 Å². The molecule has 0 bridgehead atoms. The topological polar surface area (TPSA) is 0 Å². The third-order valence-electron chi connectivity index (χ3n) is 4.27. The lowest BCUT2D eigenvalue weighted by atomic mass is 10.0. The monoisotopic (exact) mass is 238 g/mol. The fourth-order valence-corrected chi connectivity index (χ4v) is 2.88. The molecule has 0 radical (unpaired) electrons. The molecular weight excluding hydrogens is 218 g/mol. The molecule has 0 amide bonds. The van der Waals surface area contributed by atoms with Gasteiger partial charge < -0.3 is 0 Å². The maximum atomic E-state index is 2.29. The number of nitrogens with zero attached hydrogens (tertiary/aromatic N) is 1. The fourth-order valence-electron chi connectivity index (χ4n) is 2.88. The van der Waals surface area contributed by atoms with E-state index in [0.29, 0.717) is 0 Å². The summed E-state index contributed by atoms with van der Waals surface area (Å²) in [5, 5.41) is 0. The summed E-state index contributed by atoms with van der Waals surface area (Å²) in [6.07, 6.45) is 1.09. The third-order valence-corrected chi connectivity index (χ3v) is 4.27. The highest BCUT2D eigenvalue weighted by Crippen LogP contribution is 2.42. The molecular formula is C17H20N+. The summed E-state index contributed by atoms with van der Waals surface area (Å²) >= 11 is 0. The molecule has 0 aromatic heterocycles. The molecule has 1 aliphatic rings. The largest absolute Gasteiger partial charge is 0.296 e. The first-order valence-electron chi connectivity index (χ1n) is 6.67. The molecule has 92 valence electrons. The minimum absolute atomic E-state index is 0.956. The smallest absolute Gasteiger partial charge is 0.136 e. The van der Waals surface area contributed by atoms with Crippen molar-refractivity contribution in [1.82, 2.24) is 4.48 Å². The maximum absolute atomic E-state index is 2.29. The molecule has 2 aromatic rings. The van der Waals surface area contributed by atoms with Crippen LogP contribution in [0.2, 0.25) is 0 Å². The van der Waals surface area contributed by atoms with Crippen LogP contribution in [0.1, 0.15) is 18.1 Å². The van der Waals surface area contributed by atoms with Gasteiger partial charge in [-0.25, -0.2) is 0 Å². The zero-order valence-electron chi connectivity index (χ0n) is 11.4. The van der Waals surface area contributed by atoms with Gasteiger partial charge in [-0.1, -0.05) is 36.4 Å². The predicted octanol–water partition coefficient (Wildman–Crippen LogP) is 3.84. The summed E-state index contributed by atoms with van der Waals surface area (Å²) < 4.78 is 0.956. The lowest BCUT2D eigenvalue weighted by Crippen LogP contribution is -2.40. The average molecular weight is 238 g/mol. The molecule has 0 saturated heterocycles. The van der Waals surface area contributed by atoms with Crippen LogP contribution in [0.25, 0.3) is 11.1 Å². The average Bonchev–Trinajstić information content (AvgIpc) is 2.77. The van der Waals surface area contributed by atoms with Crippen LogP contribution in [0.3, 0.4) is 0 Å². The SMILES string of the molecule is CC[N+](C)(C)c1cccc2c1Cc1ccccc1-2. The summed E-state index contributed by atoms with van der Waals surface area (Å²) in [5.74, 6) is 0. The number of benzene rings is 2. The Kier molecular flexibility index (Phi) is 2.53. The molecule has 0 saturated carbocycles. The normalized spacial score (nSPS) is 13.3. The first-order chi connectivity index (χ1) is 8.63. The Morgan fingerprint density at radius 2 is 1.67 bits per heavy atom. The quantitative estimate of drug-likeness (QED) is 0.595. The highest BCUT2D eigenvalue weighted by molar-refractivity contribution is 5.81. The summed E-state index contributed by atoms with van der Waals surface area (Å²) in [7, 11) is 4.58. The molecule has 0 unspecified atom stereocenters. The number of fused-ring (bicyclic) bond motifs is 3. The van der Waals surface area contributed by atoms with Crippen LogP contribution in [-0.4, -0.2) is 20.6 Å². The highest BCUT2D eigenvalue weighted by atomic mass is 15.3. The van der Waals surface area contributed by atoms with Gasteiger partial charge in [0, 0.05) is 12.0 Å². The maximum Gasteiger partial charge on any atom is 0.136 e. The lowest BCUT2D eigenvalue weighted by molar-refractivity contribution is 0.418. The third kappa shape index (κ3) is 1.58. The molecule has 3 rings (SSSR count). The minimum atomic E-state index is 0.956.